The molecular weight excluding hydrogens is 250 g/mol. The van der Waals surface area contributed by atoms with E-state index in [9.17, 15) is 4.79 Å². The van der Waals surface area contributed by atoms with Gasteiger partial charge in [0.05, 0.1) is 5.69 Å². The number of aryl methyl sites for hydroxylation is 3. The van der Waals surface area contributed by atoms with Crippen LogP contribution in [-0.2, 0) is 6.54 Å². The molecule has 2 aromatic rings. The minimum atomic E-state index is -0.0101. The van der Waals surface area contributed by atoms with Crippen LogP contribution in [0.3, 0.4) is 0 Å². The van der Waals surface area contributed by atoms with Crippen LogP contribution in [0.2, 0.25) is 0 Å². The molecule has 0 aliphatic rings. The lowest BCUT2D eigenvalue weighted by atomic mass is 10.1. The van der Waals surface area contributed by atoms with E-state index in [4.69, 9.17) is 0 Å². The van der Waals surface area contributed by atoms with Gasteiger partial charge in [-0.25, -0.2) is 4.68 Å². The Morgan fingerprint density at radius 1 is 1.10 bits per heavy atom. The van der Waals surface area contributed by atoms with Crippen LogP contribution in [0.4, 0.5) is 0 Å². The van der Waals surface area contributed by atoms with E-state index in [0.717, 1.165) is 17.9 Å². The van der Waals surface area contributed by atoms with E-state index in [-0.39, 0.29) is 5.43 Å². The highest BCUT2D eigenvalue weighted by atomic mass is 16.1. The summed E-state index contributed by atoms with van der Waals surface area (Å²) in [5.41, 5.74) is 4.76. The van der Waals surface area contributed by atoms with E-state index < -0.39 is 0 Å². The van der Waals surface area contributed by atoms with Gasteiger partial charge in [-0.15, -0.1) is 0 Å². The van der Waals surface area contributed by atoms with Gasteiger partial charge >= 0.3 is 0 Å². The summed E-state index contributed by atoms with van der Waals surface area (Å²) in [6.45, 7) is 9.36. The molecule has 0 bridgehead atoms. The van der Waals surface area contributed by atoms with Crippen molar-refractivity contribution in [1.82, 2.24) is 15.1 Å². The molecule has 1 N–H and O–H groups in total. The van der Waals surface area contributed by atoms with E-state index in [0.29, 0.717) is 12.2 Å². The van der Waals surface area contributed by atoms with Gasteiger partial charge in [0, 0.05) is 18.3 Å². The lowest BCUT2D eigenvalue weighted by molar-refractivity contribution is 0.665. The minimum absolute atomic E-state index is 0.0101. The van der Waals surface area contributed by atoms with Gasteiger partial charge in [-0.3, -0.25) is 4.79 Å². The van der Waals surface area contributed by atoms with Crippen LogP contribution in [0.25, 0.3) is 5.69 Å². The first-order valence-electron chi connectivity index (χ1n) is 6.90. The van der Waals surface area contributed by atoms with Crippen molar-refractivity contribution in [2.75, 3.05) is 6.54 Å². The van der Waals surface area contributed by atoms with Crippen molar-refractivity contribution in [3.8, 4) is 5.69 Å². The first-order chi connectivity index (χ1) is 9.51. The third kappa shape index (κ3) is 3.14. The van der Waals surface area contributed by atoms with Crippen molar-refractivity contribution >= 4 is 0 Å². The standard InChI is InChI=1S/C16H21N3O/c1-5-17-10-15-16(20)9-13(4)19(18-15)14-7-11(2)6-12(3)8-14/h6-9,17H,5,10H2,1-4H3. The topological polar surface area (TPSA) is 46.9 Å². The average Bonchev–Trinajstić information content (AvgIpc) is 2.36. The Hall–Kier alpha value is -1.94. The largest absolute Gasteiger partial charge is 0.311 e. The summed E-state index contributed by atoms with van der Waals surface area (Å²) in [4.78, 5) is 11.9. The highest BCUT2D eigenvalue weighted by molar-refractivity contribution is 5.39. The lowest BCUT2D eigenvalue weighted by Gasteiger charge is -2.13. The maximum atomic E-state index is 11.9. The molecule has 2 rings (SSSR count). The van der Waals surface area contributed by atoms with E-state index in [1.165, 1.54) is 11.1 Å². The number of benzene rings is 1. The summed E-state index contributed by atoms with van der Waals surface area (Å²) in [5.74, 6) is 0. The molecule has 1 aromatic carbocycles. The summed E-state index contributed by atoms with van der Waals surface area (Å²) in [5, 5.41) is 7.65. The van der Waals surface area contributed by atoms with Gasteiger partial charge in [0.25, 0.3) is 0 Å². The van der Waals surface area contributed by atoms with Crippen molar-refractivity contribution in [2.45, 2.75) is 34.2 Å². The van der Waals surface area contributed by atoms with E-state index in [1.54, 1.807) is 6.07 Å². The molecule has 0 aliphatic carbocycles. The molecule has 106 valence electrons. The van der Waals surface area contributed by atoms with Gasteiger partial charge < -0.3 is 5.32 Å². The number of hydrogen-bond donors (Lipinski definition) is 1. The molecule has 0 spiro atoms. The van der Waals surface area contributed by atoms with Crippen molar-refractivity contribution in [3.05, 3.63) is 57.0 Å². The summed E-state index contributed by atoms with van der Waals surface area (Å²) >= 11 is 0. The van der Waals surface area contributed by atoms with Crippen molar-refractivity contribution in [1.29, 1.82) is 0 Å². The zero-order valence-corrected chi connectivity index (χ0v) is 12.5. The third-order valence-electron chi connectivity index (χ3n) is 3.17. The van der Waals surface area contributed by atoms with Crippen LogP contribution in [0.1, 0.15) is 29.4 Å². The predicted molar refractivity (Wildman–Crippen MR) is 81.4 cm³/mol. The molecule has 4 heteroatoms. The molecule has 0 unspecified atom stereocenters. The lowest BCUT2D eigenvalue weighted by Crippen LogP contribution is -2.24. The molecular formula is C16H21N3O. The number of hydrogen-bond acceptors (Lipinski definition) is 3. The van der Waals surface area contributed by atoms with Crippen molar-refractivity contribution in [2.24, 2.45) is 0 Å². The Kier molecular flexibility index (Phi) is 4.35. The molecule has 0 amide bonds. The second-order valence-electron chi connectivity index (χ2n) is 5.13. The quantitative estimate of drug-likeness (QED) is 0.928. The summed E-state index contributed by atoms with van der Waals surface area (Å²) in [7, 11) is 0. The minimum Gasteiger partial charge on any atom is -0.311 e. The normalized spacial score (nSPS) is 10.8. The average molecular weight is 271 g/mol. The first kappa shape index (κ1) is 14.5. The maximum absolute atomic E-state index is 11.9. The Bertz CT molecular complexity index is 654. The summed E-state index contributed by atoms with van der Waals surface area (Å²) in [6.07, 6.45) is 0. The van der Waals surface area contributed by atoms with Crippen LogP contribution < -0.4 is 10.7 Å². The maximum Gasteiger partial charge on any atom is 0.204 e. The van der Waals surface area contributed by atoms with Gasteiger partial charge in [-0.2, -0.15) is 5.10 Å². The highest BCUT2D eigenvalue weighted by Crippen LogP contribution is 2.14. The first-order valence-corrected chi connectivity index (χ1v) is 6.90. The molecule has 0 atom stereocenters. The highest BCUT2D eigenvalue weighted by Gasteiger charge is 2.08. The molecule has 0 radical (unpaired) electrons. The van der Waals surface area contributed by atoms with Gasteiger partial charge in [0.15, 0.2) is 0 Å². The Labute approximate surface area is 119 Å². The van der Waals surface area contributed by atoms with Crippen LogP contribution in [-0.4, -0.2) is 16.3 Å². The molecule has 20 heavy (non-hydrogen) atoms. The van der Waals surface area contributed by atoms with Gasteiger partial charge in [0.1, 0.15) is 5.69 Å². The Morgan fingerprint density at radius 3 is 2.35 bits per heavy atom. The van der Waals surface area contributed by atoms with Crippen molar-refractivity contribution < 1.29 is 0 Å². The number of rotatable bonds is 4. The zero-order chi connectivity index (χ0) is 14.7. The van der Waals surface area contributed by atoms with Gasteiger partial charge in [-0.05, 0) is 50.6 Å². The molecule has 0 saturated carbocycles. The van der Waals surface area contributed by atoms with E-state index in [1.807, 2.05) is 18.5 Å². The van der Waals surface area contributed by atoms with E-state index >= 15 is 0 Å². The molecule has 0 aliphatic heterocycles. The third-order valence-corrected chi connectivity index (χ3v) is 3.17. The fourth-order valence-corrected chi connectivity index (χ4v) is 2.28. The molecule has 1 aromatic heterocycles. The van der Waals surface area contributed by atoms with Gasteiger partial charge in [-0.1, -0.05) is 13.0 Å². The van der Waals surface area contributed by atoms with Crippen LogP contribution >= 0.6 is 0 Å². The SMILES string of the molecule is CCNCc1nn(-c2cc(C)cc(C)c2)c(C)cc1=O. The number of nitrogens with zero attached hydrogens (tertiary/aromatic N) is 2. The fraction of sp³-hybridized carbons (Fsp3) is 0.375. The Balaban J connectivity index is 2.52. The van der Waals surface area contributed by atoms with Crippen LogP contribution in [0.15, 0.2) is 29.1 Å². The molecule has 0 saturated heterocycles. The molecule has 1 heterocycles. The summed E-state index contributed by atoms with van der Waals surface area (Å²) < 4.78 is 1.84. The van der Waals surface area contributed by atoms with Gasteiger partial charge in [0.2, 0.25) is 5.43 Å². The fourth-order valence-electron chi connectivity index (χ4n) is 2.28. The smallest absolute Gasteiger partial charge is 0.204 e. The number of nitrogens with one attached hydrogen (secondary N) is 1. The second kappa shape index (κ2) is 6.01. The van der Waals surface area contributed by atoms with Crippen LogP contribution in [0.5, 0.6) is 0 Å². The predicted octanol–water partition coefficient (Wildman–Crippen LogP) is 2.27. The van der Waals surface area contributed by atoms with Crippen molar-refractivity contribution in [3.63, 3.8) is 0 Å². The monoisotopic (exact) mass is 271 g/mol. The molecule has 0 fully saturated rings. The van der Waals surface area contributed by atoms with Crippen LogP contribution in [0, 0.1) is 20.8 Å². The molecule has 4 nitrogen and oxygen atoms in total. The number of aromatic nitrogens is 2. The zero-order valence-electron chi connectivity index (χ0n) is 12.5. The second-order valence-corrected chi connectivity index (χ2v) is 5.13. The Morgan fingerprint density at radius 2 is 1.75 bits per heavy atom. The summed E-state index contributed by atoms with van der Waals surface area (Å²) in [6, 6.07) is 7.93. The van der Waals surface area contributed by atoms with E-state index in [2.05, 4.69) is 42.5 Å².